The Hall–Kier alpha value is -3.52. The van der Waals surface area contributed by atoms with Crippen molar-refractivity contribution in [3.63, 3.8) is 0 Å². The van der Waals surface area contributed by atoms with E-state index in [-0.39, 0.29) is 61.9 Å². The van der Waals surface area contributed by atoms with Gasteiger partial charge in [0.1, 0.15) is 0 Å². The topological polar surface area (TPSA) is 339 Å². The minimum absolute atomic E-state index is 0.107. The molecule has 0 amide bonds. The summed E-state index contributed by atoms with van der Waals surface area (Å²) >= 11 is 0. The van der Waals surface area contributed by atoms with Crippen LogP contribution in [-0.2, 0) is 20.2 Å². The highest BCUT2D eigenvalue weighted by atomic mass is 32.2. The van der Waals surface area contributed by atoms with Crippen LogP contribution in [0.25, 0.3) is 0 Å². The molecule has 2 rings (SSSR count). The van der Waals surface area contributed by atoms with Gasteiger partial charge in [0.05, 0.1) is 36.9 Å². The second kappa shape index (κ2) is 15.3. The summed E-state index contributed by atoms with van der Waals surface area (Å²) in [6, 6.07) is 0. The predicted octanol–water partition coefficient (Wildman–Crippen LogP) is -4.37. The van der Waals surface area contributed by atoms with Gasteiger partial charge in [-0.05, 0) is 0 Å². The molecule has 0 spiro atoms. The van der Waals surface area contributed by atoms with Gasteiger partial charge < -0.3 is 41.7 Å². The molecule has 24 heteroatoms. The maximum atomic E-state index is 11.0. The standard InChI is InChI=1S/C16H30N12O10S2/c29-7-9(31)5-19-13-21-11(17-1-3-39(33,34)35)23-15(25-13)27-28-16-24-12(18-2-4-40(36,37)38)22-14(26-16)20-6-10(32)8-30/h9-10,29-32H,1-8H2,(H,33,34,35)(H,36,37,38)(H3,17,19,21,23,25,27)(H3,18,20,22,24,26,28). The molecule has 0 aliphatic heterocycles. The van der Waals surface area contributed by atoms with E-state index in [1.807, 2.05) is 0 Å². The van der Waals surface area contributed by atoms with E-state index in [2.05, 4.69) is 62.0 Å². The Labute approximate surface area is 227 Å². The van der Waals surface area contributed by atoms with Crippen LogP contribution in [0.3, 0.4) is 0 Å². The Balaban J connectivity index is 2.23. The van der Waals surface area contributed by atoms with E-state index < -0.39 is 57.2 Å². The number of aromatic nitrogens is 6. The van der Waals surface area contributed by atoms with E-state index in [4.69, 9.17) is 19.3 Å². The average molecular weight is 615 g/mol. The molecule has 40 heavy (non-hydrogen) atoms. The number of hydrogen-bond donors (Lipinski definition) is 12. The molecule has 0 aromatic carbocycles. The molecule has 2 atom stereocenters. The summed E-state index contributed by atoms with van der Waals surface area (Å²) in [6.45, 7) is -1.94. The van der Waals surface area contributed by atoms with Crippen molar-refractivity contribution >= 4 is 55.9 Å². The first-order valence-corrected chi connectivity index (χ1v) is 14.5. The van der Waals surface area contributed by atoms with Crippen molar-refractivity contribution in [3.8, 4) is 0 Å². The molecule has 0 saturated carbocycles. The number of hydrogen-bond acceptors (Lipinski definition) is 20. The molecular formula is C16H30N12O10S2. The van der Waals surface area contributed by atoms with Gasteiger partial charge in [0.25, 0.3) is 20.2 Å². The quantitative estimate of drug-likeness (QED) is 0.0525. The van der Waals surface area contributed by atoms with Crippen molar-refractivity contribution in [1.82, 2.24) is 29.9 Å². The maximum Gasteiger partial charge on any atom is 0.266 e. The Bertz CT molecular complexity index is 1200. The summed E-state index contributed by atoms with van der Waals surface area (Å²) < 4.78 is 61.7. The van der Waals surface area contributed by atoms with Gasteiger partial charge in [-0.2, -0.15) is 46.7 Å². The van der Waals surface area contributed by atoms with Gasteiger partial charge in [-0.15, -0.1) is 0 Å². The van der Waals surface area contributed by atoms with Gasteiger partial charge in [0.2, 0.25) is 35.7 Å². The number of nitrogens with zero attached hydrogens (tertiary/aromatic N) is 6. The first kappa shape index (κ1) is 32.7. The van der Waals surface area contributed by atoms with Crippen molar-refractivity contribution in [2.75, 3.05) is 83.0 Å². The van der Waals surface area contributed by atoms with Crippen LogP contribution in [0.1, 0.15) is 0 Å². The maximum absolute atomic E-state index is 11.0. The number of aliphatic hydroxyl groups excluding tert-OH is 4. The van der Waals surface area contributed by atoms with Crippen molar-refractivity contribution in [2.45, 2.75) is 12.2 Å². The van der Waals surface area contributed by atoms with Gasteiger partial charge >= 0.3 is 0 Å². The van der Waals surface area contributed by atoms with Crippen LogP contribution in [0.5, 0.6) is 0 Å². The molecule has 0 aliphatic carbocycles. The van der Waals surface area contributed by atoms with Crippen LogP contribution in [0.15, 0.2) is 0 Å². The van der Waals surface area contributed by atoms with E-state index in [0.717, 1.165) is 0 Å². The van der Waals surface area contributed by atoms with Gasteiger partial charge in [-0.1, -0.05) is 0 Å². The van der Waals surface area contributed by atoms with Gasteiger partial charge in [0.15, 0.2) is 0 Å². The zero-order chi connectivity index (χ0) is 29.8. The number of aliphatic hydroxyl groups is 4. The summed E-state index contributed by atoms with van der Waals surface area (Å²) in [6.07, 6.45) is -2.29. The third-order valence-corrected chi connectivity index (χ3v) is 5.70. The highest BCUT2D eigenvalue weighted by Gasteiger charge is 2.13. The van der Waals surface area contributed by atoms with Crippen LogP contribution >= 0.6 is 0 Å². The largest absolute Gasteiger partial charge is 0.394 e. The molecule has 0 bridgehead atoms. The van der Waals surface area contributed by atoms with Crippen LogP contribution < -0.4 is 32.1 Å². The zero-order valence-corrected chi connectivity index (χ0v) is 22.3. The lowest BCUT2D eigenvalue weighted by atomic mass is 10.4. The van der Waals surface area contributed by atoms with Crippen LogP contribution in [0.2, 0.25) is 0 Å². The summed E-state index contributed by atoms with van der Waals surface area (Å²) in [4.78, 5) is 24.1. The van der Waals surface area contributed by atoms with Gasteiger partial charge in [-0.25, -0.2) is 0 Å². The minimum Gasteiger partial charge on any atom is -0.394 e. The Morgan fingerprint density at radius 3 is 1.15 bits per heavy atom. The molecule has 0 aliphatic rings. The van der Waals surface area contributed by atoms with E-state index in [0.29, 0.717) is 0 Å². The fraction of sp³-hybridized carbons (Fsp3) is 0.625. The second-order valence-corrected chi connectivity index (χ2v) is 10.9. The number of rotatable bonds is 19. The molecule has 12 N–H and O–H groups in total. The van der Waals surface area contributed by atoms with E-state index in [1.54, 1.807) is 0 Å². The summed E-state index contributed by atoms with van der Waals surface area (Å²) in [5, 5.41) is 47.5. The number of nitrogens with one attached hydrogen (secondary N) is 6. The van der Waals surface area contributed by atoms with Gasteiger partial charge in [0, 0.05) is 26.2 Å². The lowest BCUT2D eigenvalue weighted by molar-refractivity contribution is 0.105. The lowest BCUT2D eigenvalue weighted by Gasteiger charge is -2.14. The number of hydrazine groups is 1. The average Bonchev–Trinajstić information content (AvgIpc) is 2.87. The van der Waals surface area contributed by atoms with E-state index in [9.17, 15) is 27.0 Å². The highest BCUT2D eigenvalue weighted by Crippen LogP contribution is 2.12. The Morgan fingerprint density at radius 1 is 0.550 bits per heavy atom. The fourth-order valence-electron chi connectivity index (χ4n) is 2.42. The molecule has 226 valence electrons. The lowest BCUT2D eigenvalue weighted by Crippen LogP contribution is -2.25. The fourth-order valence-corrected chi connectivity index (χ4v) is 3.14. The smallest absolute Gasteiger partial charge is 0.266 e. The SMILES string of the molecule is O=S(=O)(O)CCNc1nc(NCC(O)CO)nc(NNc2nc(NCCS(=O)(=O)O)nc(NCC(O)CO)n2)n1. The Kier molecular flexibility index (Phi) is 12.5. The summed E-state index contributed by atoms with van der Waals surface area (Å²) in [5.41, 5.74) is 5.11. The minimum atomic E-state index is -4.27. The summed E-state index contributed by atoms with van der Waals surface area (Å²) in [5.74, 6) is -2.17. The van der Waals surface area contributed by atoms with Gasteiger partial charge in [-0.3, -0.25) is 20.0 Å². The third kappa shape index (κ3) is 13.5. The van der Waals surface area contributed by atoms with Crippen LogP contribution in [0.4, 0.5) is 35.7 Å². The Morgan fingerprint density at radius 2 is 0.850 bits per heavy atom. The highest BCUT2D eigenvalue weighted by molar-refractivity contribution is 7.86. The second-order valence-electron chi connectivity index (χ2n) is 7.72. The molecule has 2 aromatic rings. The van der Waals surface area contributed by atoms with E-state index in [1.165, 1.54) is 0 Å². The molecule has 2 aromatic heterocycles. The zero-order valence-electron chi connectivity index (χ0n) is 20.6. The van der Waals surface area contributed by atoms with Crippen molar-refractivity contribution in [3.05, 3.63) is 0 Å². The molecule has 22 nitrogen and oxygen atoms in total. The monoisotopic (exact) mass is 614 g/mol. The van der Waals surface area contributed by atoms with E-state index >= 15 is 0 Å². The summed E-state index contributed by atoms with van der Waals surface area (Å²) in [7, 11) is -8.54. The molecular weight excluding hydrogens is 584 g/mol. The van der Waals surface area contributed by atoms with Crippen molar-refractivity contribution in [1.29, 1.82) is 0 Å². The molecule has 0 fully saturated rings. The predicted molar refractivity (Wildman–Crippen MR) is 140 cm³/mol. The van der Waals surface area contributed by atoms with Crippen LogP contribution in [0, 0.1) is 0 Å². The first-order chi connectivity index (χ1) is 18.8. The van der Waals surface area contributed by atoms with Crippen molar-refractivity contribution < 1.29 is 46.4 Å². The van der Waals surface area contributed by atoms with Crippen molar-refractivity contribution in [2.24, 2.45) is 0 Å². The normalized spacial score (nSPS) is 13.2. The molecule has 0 radical (unpaired) electrons. The molecule has 0 saturated heterocycles. The molecule has 2 heterocycles. The first-order valence-electron chi connectivity index (χ1n) is 11.2. The molecule has 2 unspecified atom stereocenters. The third-order valence-electron chi connectivity index (χ3n) is 4.26. The van der Waals surface area contributed by atoms with Crippen LogP contribution in [-0.4, -0.2) is 139 Å². The number of anilines is 6.